The Morgan fingerprint density at radius 2 is 1.18 bits per heavy atom. The summed E-state index contributed by atoms with van der Waals surface area (Å²) in [7, 11) is 0. The zero-order valence-electron chi connectivity index (χ0n) is 12.1. The Morgan fingerprint density at radius 1 is 0.765 bits per heavy atom. The van der Waals surface area contributed by atoms with Crippen LogP contribution in [0.1, 0.15) is 90.9 Å². The van der Waals surface area contributed by atoms with Gasteiger partial charge in [-0.2, -0.15) is 0 Å². The fourth-order valence-corrected chi connectivity index (χ4v) is 2.14. The number of nitrogens with two attached hydrogens (primary N) is 1. The first-order chi connectivity index (χ1) is 8.27. The van der Waals surface area contributed by atoms with Gasteiger partial charge in [0, 0.05) is 5.70 Å². The summed E-state index contributed by atoms with van der Waals surface area (Å²) in [4.78, 5) is 0. The average Bonchev–Trinajstić information content (AvgIpc) is 2.30. The summed E-state index contributed by atoms with van der Waals surface area (Å²) in [6.45, 7) is 4.25. The van der Waals surface area contributed by atoms with Crippen molar-refractivity contribution in [3.8, 4) is 0 Å². The topological polar surface area (TPSA) is 26.0 Å². The van der Waals surface area contributed by atoms with Gasteiger partial charge in [-0.15, -0.1) is 0 Å². The predicted molar refractivity (Wildman–Crippen MR) is 79.0 cm³/mol. The molecule has 0 fully saturated rings. The van der Waals surface area contributed by atoms with Crippen LogP contribution in [0.5, 0.6) is 0 Å². The molecule has 0 unspecified atom stereocenters. The van der Waals surface area contributed by atoms with Crippen LogP contribution in [-0.4, -0.2) is 0 Å². The van der Waals surface area contributed by atoms with Crippen molar-refractivity contribution in [3.63, 3.8) is 0 Å². The summed E-state index contributed by atoms with van der Waals surface area (Å²) in [5, 5.41) is 0. The minimum absolute atomic E-state index is 0.970. The van der Waals surface area contributed by atoms with Gasteiger partial charge in [0.1, 0.15) is 0 Å². The lowest BCUT2D eigenvalue weighted by molar-refractivity contribution is 0.550. The third-order valence-corrected chi connectivity index (χ3v) is 3.27. The van der Waals surface area contributed by atoms with E-state index in [0.717, 1.165) is 5.70 Å². The van der Waals surface area contributed by atoms with Gasteiger partial charge < -0.3 is 5.73 Å². The lowest BCUT2D eigenvalue weighted by atomic mass is 10.1. The number of hydrogen-bond acceptors (Lipinski definition) is 1. The molecule has 0 heterocycles. The third kappa shape index (κ3) is 15.5. The van der Waals surface area contributed by atoms with Gasteiger partial charge in [0.15, 0.2) is 0 Å². The number of rotatable bonds is 12. The monoisotopic (exact) mass is 239 g/mol. The van der Waals surface area contributed by atoms with Gasteiger partial charge in [0.25, 0.3) is 0 Å². The maximum absolute atomic E-state index is 5.58. The molecule has 0 saturated heterocycles. The molecule has 102 valence electrons. The van der Waals surface area contributed by atoms with Crippen LogP contribution in [0.15, 0.2) is 11.8 Å². The van der Waals surface area contributed by atoms with Crippen LogP contribution >= 0.6 is 0 Å². The largest absolute Gasteiger partial charge is 0.403 e. The van der Waals surface area contributed by atoms with Crippen LogP contribution in [0.25, 0.3) is 0 Å². The standard InChI is InChI=1S/C16H33N/c1-3-4-5-6-7-8-9-10-11-12-13-14-15-16(2)17/h15H,3-14,17H2,1-2H3/b16-15+. The fraction of sp³-hybridized carbons (Fsp3) is 0.875. The molecule has 0 aromatic heterocycles. The van der Waals surface area contributed by atoms with Crippen LogP contribution in [0.3, 0.4) is 0 Å². The molecule has 0 saturated carbocycles. The molecule has 17 heavy (non-hydrogen) atoms. The molecule has 0 radical (unpaired) electrons. The van der Waals surface area contributed by atoms with Gasteiger partial charge in [-0.1, -0.05) is 77.2 Å². The number of allylic oxidation sites excluding steroid dienone is 2. The molecule has 0 bridgehead atoms. The smallest absolute Gasteiger partial charge is 0.000832 e. The van der Waals surface area contributed by atoms with Gasteiger partial charge in [-0.3, -0.25) is 0 Å². The van der Waals surface area contributed by atoms with E-state index < -0.39 is 0 Å². The van der Waals surface area contributed by atoms with E-state index in [1.807, 2.05) is 6.92 Å². The van der Waals surface area contributed by atoms with Crippen molar-refractivity contribution in [2.75, 3.05) is 0 Å². The first kappa shape index (κ1) is 16.5. The minimum atomic E-state index is 0.970. The highest BCUT2D eigenvalue weighted by atomic mass is 14.5. The van der Waals surface area contributed by atoms with E-state index in [4.69, 9.17) is 5.73 Å². The zero-order chi connectivity index (χ0) is 12.8. The van der Waals surface area contributed by atoms with E-state index in [2.05, 4.69) is 13.0 Å². The second-order valence-electron chi connectivity index (χ2n) is 5.27. The maximum Gasteiger partial charge on any atom is 0.000832 e. The molecule has 0 aliphatic carbocycles. The summed E-state index contributed by atoms with van der Waals surface area (Å²) < 4.78 is 0. The van der Waals surface area contributed by atoms with E-state index >= 15 is 0 Å². The van der Waals surface area contributed by atoms with Gasteiger partial charge in [0.05, 0.1) is 0 Å². The highest BCUT2D eigenvalue weighted by Gasteiger charge is 1.92. The van der Waals surface area contributed by atoms with Crippen molar-refractivity contribution in [2.24, 2.45) is 5.73 Å². The molecule has 0 spiro atoms. The van der Waals surface area contributed by atoms with Crippen LogP contribution < -0.4 is 5.73 Å². The quantitative estimate of drug-likeness (QED) is 0.444. The first-order valence-electron chi connectivity index (χ1n) is 7.69. The molecule has 0 aromatic rings. The molecule has 1 nitrogen and oxygen atoms in total. The Morgan fingerprint density at radius 3 is 1.59 bits per heavy atom. The van der Waals surface area contributed by atoms with Crippen molar-refractivity contribution in [3.05, 3.63) is 11.8 Å². The van der Waals surface area contributed by atoms with E-state index in [-0.39, 0.29) is 0 Å². The average molecular weight is 239 g/mol. The Kier molecular flexibility index (Phi) is 13.2. The predicted octanol–water partition coefficient (Wildman–Crippen LogP) is 5.55. The van der Waals surface area contributed by atoms with Crippen molar-refractivity contribution in [1.82, 2.24) is 0 Å². The second-order valence-corrected chi connectivity index (χ2v) is 5.27. The maximum atomic E-state index is 5.58. The molecule has 0 aliphatic rings. The molecule has 0 aliphatic heterocycles. The molecule has 0 atom stereocenters. The minimum Gasteiger partial charge on any atom is -0.403 e. The van der Waals surface area contributed by atoms with E-state index in [1.165, 1.54) is 77.0 Å². The lowest BCUT2D eigenvalue weighted by Gasteiger charge is -2.01. The summed E-state index contributed by atoms with van der Waals surface area (Å²) in [5.41, 5.74) is 6.55. The SMILES string of the molecule is CCCCCCCCCCCCC/C=C(\C)N. The summed E-state index contributed by atoms with van der Waals surface area (Å²) in [6, 6.07) is 0. The van der Waals surface area contributed by atoms with Gasteiger partial charge in [-0.05, 0) is 19.8 Å². The Hall–Kier alpha value is -0.460. The lowest BCUT2D eigenvalue weighted by Crippen LogP contribution is -1.89. The van der Waals surface area contributed by atoms with Crippen LogP contribution in [-0.2, 0) is 0 Å². The molecular weight excluding hydrogens is 206 g/mol. The van der Waals surface area contributed by atoms with E-state index in [1.54, 1.807) is 0 Å². The first-order valence-corrected chi connectivity index (χ1v) is 7.69. The normalized spacial score (nSPS) is 12.0. The van der Waals surface area contributed by atoms with Crippen molar-refractivity contribution in [1.29, 1.82) is 0 Å². The molecule has 2 N–H and O–H groups in total. The molecule has 0 rings (SSSR count). The van der Waals surface area contributed by atoms with Gasteiger partial charge in [0.2, 0.25) is 0 Å². The highest BCUT2D eigenvalue weighted by molar-refractivity contribution is 4.90. The molecule has 0 aromatic carbocycles. The Bertz CT molecular complexity index is 168. The van der Waals surface area contributed by atoms with Gasteiger partial charge in [-0.25, -0.2) is 0 Å². The molecular formula is C16H33N. The Labute approximate surface area is 109 Å². The Balaban J connectivity index is 2.96. The summed E-state index contributed by atoms with van der Waals surface area (Å²) >= 11 is 0. The van der Waals surface area contributed by atoms with Crippen LogP contribution in [0, 0.1) is 0 Å². The van der Waals surface area contributed by atoms with E-state index in [0.29, 0.717) is 0 Å². The number of unbranched alkanes of at least 4 members (excludes halogenated alkanes) is 11. The summed E-state index contributed by atoms with van der Waals surface area (Å²) in [6.07, 6.45) is 18.9. The molecule has 0 amide bonds. The van der Waals surface area contributed by atoms with Crippen LogP contribution in [0.4, 0.5) is 0 Å². The zero-order valence-corrected chi connectivity index (χ0v) is 12.1. The van der Waals surface area contributed by atoms with Crippen molar-refractivity contribution >= 4 is 0 Å². The van der Waals surface area contributed by atoms with Gasteiger partial charge >= 0.3 is 0 Å². The van der Waals surface area contributed by atoms with Crippen molar-refractivity contribution < 1.29 is 0 Å². The summed E-state index contributed by atoms with van der Waals surface area (Å²) in [5.74, 6) is 0. The molecule has 1 heteroatoms. The van der Waals surface area contributed by atoms with Crippen molar-refractivity contribution in [2.45, 2.75) is 90.9 Å². The fourth-order valence-electron chi connectivity index (χ4n) is 2.14. The van der Waals surface area contributed by atoms with Crippen LogP contribution in [0.2, 0.25) is 0 Å². The highest BCUT2D eigenvalue weighted by Crippen LogP contribution is 2.12. The number of hydrogen-bond donors (Lipinski definition) is 1. The third-order valence-electron chi connectivity index (χ3n) is 3.27. The second kappa shape index (κ2) is 13.6. The van der Waals surface area contributed by atoms with E-state index in [9.17, 15) is 0 Å².